The molecule has 0 radical (unpaired) electrons. The lowest BCUT2D eigenvalue weighted by molar-refractivity contribution is 0.233. The molecule has 0 heteroatoms. The second-order valence-corrected chi connectivity index (χ2v) is 6.76. The van der Waals surface area contributed by atoms with Crippen LogP contribution in [0.1, 0.15) is 57.7 Å². The van der Waals surface area contributed by atoms with Crippen molar-refractivity contribution in [2.45, 2.75) is 58.8 Å². The van der Waals surface area contributed by atoms with Gasteiger partial charge in [0.05, 0.1) is 0 Å². The van der Waals surface area contributed by atoms with E-state index in [1.54, 1.807) is 11.1 Å². The van der Waals surface area contributed by atoms with Crippen LogP contribution in [0, 0.1) is 12.8 Å². The fourth-order valence-electron chi connectivity index (χ4n) is 3.18. The SMILES string of the molecule is Cc1ccc2c(c1)C(C)(C)C(C)CC2(C)C. The van der Waals surface area contributed by atoms with Crippen molar-refractivity contribution in [3.63, 3.8) is 0 Å². The van der Waals surface area contributed by atoms with Gasteiger partial charge in [-0.05, 0) is 41.2 Å². The maximum absolute atomic E-state index is 2.40. The molecule has 0 spiro atoms. The Kier molecular flexibility index (Phi) is 2.45. The first kappa shape index (κ1) is 11.7. The molecule has 1 unspecified atom stereocenters. The molecule has 0 amide bonds. The van der Waals surface area contributed by atoms with Crippen LogP contribution >= 0.6 is 0 Å². The van der Waals surface area contributed by atoms with E-state index in [0.717, 1.165) is 5.92 Å². The van der Waals surface area contributed by atoms with Gasteiger partial charge in [0.2, 0.25) is 0 Å². The molecule has 88 valence electrons. The number of benzene rings is 1. The Morgan fingerprint density at radius 2 is 1.69 bits per heavy atom. The van der Waals surface area contributed by atoms with Gasteiger partial charge in [-0.2, -0.15) is 0 Å². The topological polar surface area (TPSA) is 0 Å². The van der Waals surface area contributed by atoms with Crippen LogP contribution in [0.15, 0.2) is 18.2 Å². The zero-order valence-corrected chi connectivity index (χ0v) is 11.5. The van der Waals surface area contributed by atoms with E-state index >= 15 is 0 Å². The molecule has 0 heterocycles. The predicted octanol–water partition coefficient (Wildman–Crippen LogP) is 4.59. The summed E-state index contributed by atoms with van der Waals surface area (Å²) in [6.45, 7) is 14.1. The molecule has 0 aromatic heterocycles. The van der Waals surface area contributed by atoms with E-state index in [1.165, 1.54) is 12.0 Å². The van der Waals surface area contributed by atoms with Crippen LogP contribution in [0.3, 0.4) is 0 Å². The van der Waals surface area contributed by atoms with Gasteiger partial charge in [-0.1, -0.05) is 58.4 Å². The Bertz CT molecular complexity index is 410. The average Bonchev–Trinajstić information content (AvgIpc) is 2.14. The zero-order valence-electron chi connectivity index (χ0n) is 11.5. The third-order valence-electron chi connectivity index (χ3n) is 4.65. The van der Waals surface area contributed by atoms with Gasteiger partial charge in [0.15, 0.2) is 0 Å². The number of hydrogen-bond acceptors (Lipinski definition) is 0. The molecule has 1 aromatic carbocycles. The standard InChI is InChI=1S/C16H24/c1-11-7-8-13-14(9-11)16(5,6)12(2)10-15(13,3)4/h7-9,12H,10H2,1-6H3. The first-order valence-electron chi connectivity index (χ1n) is 6.37. The van der Waals surface area contributed by atoms with Crippen LogP contribution < -0.4 is 0 Å². The van der Waals surface area contributed by atoms with Crippen molar-refractivity contribution in [1.82, 2.24) is 0 Å². The number of hydrogen-bond donors (Lipinski definition) is 0. The van der Waals surface area contributed by atoms with Crippen molar-refractivity contribution in [3.8, 4) is 0 Å². The highest BCUT2D eigenvalue weighted by atomic mass is 14.5. The summed E-state index contributed by atoms with van der Waals surface area (Å²) in [5, 5.41) is 0. The van der Waals surface area contributed by atoms with E-state index in [1.807, 2.05) is 0 Å². The minimum Gasteiger partial charge on any atom is -0.0616 e. The predicted molar refractivity (Wildman–Crippen MR) is 71.0 cm³/mol. The lowest BCUT2D eigenvalue weighted by Gasteiger charge is -2.46. The molecular weight excluding hydrogens is 192 g/mol. The van der Waals surface area contributed by atoms with E-state index in [9.17, 15) is 0 Å². The largest absolute Gasteiger partial charge is 0.0616 e. The Morgan fingerprint density at radius 1 is 1.06 bits per heavy atom. The smallest absolute Gasteiger partial charge is 0.00746 e. The number of aryl methyl sites for hydroxylation is 1. The summed E-state index contributed by atoms with van der Waals surface area (Å²) in [6, 6.07) is 7.00. The van der Waals surface area contributed by atoms with Crippen LogP contribution in [0.5, 0.6) is 0 Å². The van der Waals surface area contributed by atoms with E-state index in [4.69, 9.17) is 0 Å². The molecule has 0 bridgehead atoms. The minimum absolute atomic E-state index is 0.316. The fraction of sp³-hybridized carbons (Fsp3) is 0.625. The van der Waals surface area contributed by atoms with E-state index in [0.29, 0.717) is 10.8 Å². The van der Waals surface area contributed by atoms with Gasteiger partial charge in [0.1, 0.15) is 0 Å². The van der Waals surface area contributed by atoms with Crippen LogP contribution in [0.4, 0.5) is 0 Å². The Balaban J connectivity index is 2.68. The van der Waals surface area contributed by atoms with E-state index in [2.05, 4.69) is 59.7 Å². The molecule has 1 aliphatic rings. The van der Waals surface area contributed by atoms with Gasteiger partial charge in [-0.3, -0.25) is 0 Å². The normalized spacial score (nSPS) is 26.2. The second-order valence-electron chi connectivity index (χ2n) is 6.76. The third kappa shape index (κ3) is 1.59. The second kappa shape index (κ2) is 3.35. The van der Waals surface area contributed by atoms with Crippen LogP contribution in [0.2, 0.25) is 0 Å². The maximum atomic E-state index is 2.40. The highest BCUT2D eigenvalue weighted by molar-refractivity contribution is 5.43. The number of rotatable bonds is 0. The molecule has 2 rings (SSSR count). The summed E-state index contributed by atoms with van der Waals surface area (Å²) in [6.07, 6.45) is 1.29. The van der Waals surface area contributed by atoms with Crippen LogP contribution in [-0.4, -0.2) is 0 Å². The highest BCUT2D eigenvalue weighted by Gasteiger charge is 2.41. The third-order valence-corrected chi connectivity index (χ3v) is 4.65. The first-order chi connectivity index (χ1) is 7.25. The molecule has 1 atom stereocenters. The Labute approximate surface area is 100 Å². The summed E-state index contributed by atoms with van der Waals surface area (Å²) in [4.78, 5) is 0. The molecule has 0 saturated heterocycles. The maximum Gasteiger partial charge on any atom is -0.00746 e. The number of fused-ring (bicyclic) bond motifs is 1. The van der Waals surface area contributed by atoms with Gasteiger partial charge >= 0.3 is 0 Å². The van der Waals surface area contributed by atoms with Crippen molar-refractivity contribution < 1.29 is 0 Å². The molecule has 1 aromatic rings. The van der Waals surface area contributed by atoms with Gasteiger partial charge in [-0.15, -0.1) is 0 Å². The van der Waals surface area contributed by atoms with Crippen molar-refractivity contribution >= 4 is 0 Å². The van der Waals surface area contributed by atoms with Gasteiger partial charge in [0.25, 0.3) is 0 Å². The average molecular weight is 216 g/mol. The van der Waals surface area contributed by atoms with E-state index in [-0.39, 0.29) is 0 Å². The summed E-state index contributed by atoms with van der Waals surface area (Å²) >= 11 is 0. The van der Waals surface area contributed by atoms with Crippen molar-refractivity contribution in [1.29, 1.82) is 0 Å². The molecule has 0 N–H and O–H groups in total. The van der Waals surface area contributed by atoms with E-state index < -0.39 is 0 Å². The summed E-state index contributed by atoms with van der Waals surface area (Å²) in [7, 11) is 0. The molecule has 0 nitrogen and oxygen atoms in total. The zero-order chi connectivity index (χ0) is 12.1. The monoisotopic (exact) mass is 216 g/mol. The lowest BCUT2D eigenvalue weighted by Crippen LogP contribution is -2.40. The molecule has 0 fully saturated rings. The van der Waals surface area contributed by atoms with Gasteiger partial charge < -0.3 is 0 Å². The quantitative estimate of drug-likeness (QED) is 0.595. The fourth-order valence-corrected chi connectivity index (χ4v) is 3.18. The Morgan fingerprint density at radius 3 is 2.31 bits per heavy atom. The molecule has 0 aliphatic heterocycles. The summed E-state index contributed by atoms with van der Waals surface area (Å²) in [5.41, 5.74) is 5.16. The highest BCUT2D eigenvalue weighted by Crippen LogP contribution is 2.48. The Hall–Kier alpha value is -0.780. The summed E-state index contributed by atoms with van der Waals surface area (Å²) < 4.78 is 0. The molecule has 16 heavy (non-hydrogen) atoms. The lowest BCUT2D eigenvalue weighted by atomic mass is 9.58. The van der Waals surface area contributed by atoms with Gasteiger partial charge in [0, 0.05) is 0 Å². The molecular formula is C16H24. The van der Waals surface area contributed by atoms with Crippen molar-refractivity contribution in [3.05, 3.63) is 34.9 Å². The minimum atomic E-state index is 0.316. The first-order valence-corrected chi connectivity index (χ1v) is 6.37. The summed E-state index contributed by atoms with van der Waals surface area (Å²) in [5.74, 6) is 0.747. The molecule has 1 aliphatic carbocycles. The van der Waals surface area contributed by atoms with Crippen molar-refractivity contribution in [2.24, 2.45) is 5.92 Å². The van der Waals surface area contributed by atoms with Gasteiger partial charge in [-0.25, -0.2) is 0 Å². The molecule has 0 saturated carbocycles. The van der Waals surface area contributed by atoms with Crippen LogP contribution in [-0.2, 0) is 10.8 Å². The van der Waals surface area contributed by atoms with Crippen LogP contribution in [0.25, 0.3) is 0 Å². The van der Waals surface area contributed by atoms with Crippen molar-refractivity contribution in [2.75, 3.05) is 0 Å².